The number of unbranched alkanes of at least 4 members (excludes halogenated alkanes) is 11. The minimum Gasteiger partial charge on any atom is -0.870 e. The minimum absolute atomic E-state index is 0. The van der Waals surface area contributed by atoms with E-state index in [9.17, 15) is 0 Å². The molecule has 0 atom stereocenters. The number of hydrogen-bond donors (Lipinski definition) is 0. The van der Waals surface area contributed by atoms with Gasteiger partial charge in [-0.05, 0) is 31.9 Å². The largest absolute Gasteiger partial charge is 0.870 e. The number of rotatable bonds is 14. The third-order valence-corrected chi connectivity index (χ3v) is 5.30. The predicted octanol–water partition coefficient (Wildman–Crippen LogP) is 7.09. The maximum absolute atomic E-state index is 2.34. The van der Waals surface area contributed by atoms with Gasteiger partial charge in [-0.1, -0.05) is 88.8 Å². The summed E-state index contributed by atoms with van der Waals surface area (Å²) >= 11 is 0. The SMILES string of the molecule is CCCCCCCCCCCCCC[N+](C)(C)c1ccc(C)cc1.[OH-]. The van der Waals surface area contributed by atoms with Crippen molar-refractivity contribution >= 4 is 5.69 Å². The molecule has 2 heteroatoms. The van der Waals surface area contributed by atoms with Crippen molar-refractivity contribution in [3.05, 3.63) is 29.8 Å². The molecule has 1 N–H and O–H groups in total. The quantitative estimate of drug-likeness (QED) is 0.260. The van der Waals surface area contributed by atoms with Crippen LogP contribution in [0, 0.1) is 6.92 Å². The molecule has 0 saturated carbocycles. The highest BCUT2D eigenvalue weighted by molar-refractivity contribution is 5.42. The van der Waals surface area contributed by atoms with Crippen LogP contribution in [0.1, 0.15) is 89.5 Å². The van der Waals surface area contributed by atoms with Crippen LogP contribution in [-0.4, -0.2) is 26.1 Å². The van der Waals surface area contributed by atoms with Gasteiger partial charge in [0.05, 0.1) is 20.6 Å². The molecule has 1 rings (SSSR count). The molecule has 25 heavy (non-hydrogen) atoms. The molecule has 2 nitrogen and oxygen atoms in total. The van der Waals surface area contributed by atoms with E-state index < -0.39 is 0 Å². The Labute approximate surface area is 157 Å². The van der Waals surface area contributed by atoms with E-state index in [1.807, 2.05) is 0 Å². The van der Waals surface area contributed by atoms with Gasteiger partial charge < -0.3 is 5.48 Å². The van der Waals surface area contributed by atoms with Crippen molar-refractivity contribution in [2.24, 2.45) is 0 Å². The van der Waals surface area contributed by atoms with Gasteiger partial charge in [-0.3, -0.25) is 4.48 Å². The van der Waals surface area contributed by atoms with Crippen molar-refractivity contribution < 1.29 is 5.48 Å². The van der Waals surface area contributed by atoms with Crippen LogP contribution in [0.15, 0.2) is 24.3 Å². The Morgan fingerprint density at radius 2 is 1.04 bits per heavy atom. The Balaban J connectivity index is 0.00000576. The molecule has 146 valence electrons. The van der Waals surface area contributed by atoms with Crippen molar-refractivity contribution in [1.82, 2.24) is 4.48 Å². The van der Waals surface area contributed by atoms with E-state index in [0.717, 1.165) is 4.48 Å². The molecule has 0 saturated heterocycles. The van der Waals surface area contributed by atoms with E-state index in [2.05, 4.69) is 52.2 Å². The molecule has 0 unspecified atom stereocenters. The van der Waals surface area contributed by atoms with Crippen LogP contribution in [0.25, 0.3) is 0 Å². The molecule has 0 heterocycles. The lowest BCUT2D eigenvalue weighted by Crippen LogP contribution is -2.41. The molecule has 0 spiro atoms. The van der Waals surface area contributed by atoms with E-state index in [-0.39, 0.29) is 5.48 Å². The Kier molecular flexibility index (Phi) is 13.8. The first-order valence-electron chi connectivity index (χ1n) is 10.5. The summed E-state index contributed by atoms with van der Waals surface area (Å²) in [6, 6.07) is 9.04. The summed E-state index contributed by atoms with van der Waals surface area (Å²) in [4.78, 5) is 0. The Bertz CT molecular complexity index is 411. The summed E-state index contributed by atoms with van der Waals surface area (Å²) in [5.74, 6) is 0. The zero-order valence-electron chi connectivity index (χ0n) is 17.4. The number of quaternary nitrogens is 1. The second kappa shape index (κ2) is 14.3. The molecule has 1 aromatic rings. The van der Waals surface area contributed by atoms with Gasteiger partial charge in [-0.2, -0.15) is 0 Å². The lowest BCUT2D eigenvalue weighted by Gasteiger charge is -2.29. The first-order chi connectivity index (χ1) is 11.6. The summed E-state index contributed by atoms with van der Waals surface area (Å²) in [7, 11) is 4.67. The fourth-order valence-corrected chi connectivity index (χ4v) is 3.43. The van der Waals surface area contributed by atoms with Crippen LogP contribution >= 0.6 is 0 Å². The van der Waals surface area contributed by atoms with Gasteiger partial charge in [-0.25, -0.2) is 0 Å². The molecule has 0 bridgehead atoms. The van der Waals surface area contributed by atoms with Crippen LogP contribution < -0.4 is 4.48 Å². The highest BCUT2D eigenvalue weighted by Gasteiger charge is 2.17. The zero-order chi connectivity index (χ0) is 17.7. The second-order valence-electron chi connectivity index (χ2n) is 8.13. The van der Waals surface area contributed by atoms with Gasteiger partial charge in [0.1, 0.15) is 5.69 Å². The molecule has 0 fully saturated rings. The van der Waals surface area contributed by atoms with Gasteiger partial charge in [0.25, 0.3) is 0 Å². The lowest BCUT2D eigenvalue weighted by molar-refractivity contribution is 0.380. The van der Waals surface area contributed by atoms with Crippen molar-refractivity contribution in [3.8, 4) is 0 Å². The smallest absolute Gasteiger partial charge is 0.132 e. The fraction of sp³-hybridized carbons (Fsp3) is 0.739. The topological polar surface area (TPSA) is 30.0 Å². The third-order valence-electron chi connectivity index (χ3n) is 5.30. The van der Waals surface area contributed by atoms with Gasteiger partial charge in [-0.15, -0.1) is 0 Å². The average Bonchev–Trinajstić information content (AvgIpc) is 2.56. The average molecular weight is 350 g/mol. The van der Waals surface area contributed by atoms with E-state index in [4.69, 9.17) is 0 Å². The third kappa shape index (κ3) is 11.4. The van der Waals surface area contributed by atoms with Gasteiger partial charge in [0, 0.05) is 0 Å². The maximum atomic E-state index is 2.34. The molecule has 1 aromatic carbocycles. The van der Waals surface area contributed by atoms with E-state index in [1.54, 1.807) is 0 Å². The molecule has 0 aliphatic carbocycles. The van der Waals surface area contributed by atoms with Crippen molar-refractivity contribution in [2.75, 3.05) is 20.6 Å². The maximum Gasteiger partial charge on any atom is 0.132 e. The van der Waals surface area contributed by atoms with Crippen LogP contribution in [0.3, 0.4) is 0 Å². The lowest BCUT2D eigenvalue weighted by atomic mass is 10.1. The number of nitrogens with zero attached hydrogens (tertiary/aromatic N) is 1. The Morgan fingerprint density at radius 1 is 0.640 bits per heavy atom. The van der Waals surface area contributed by atoms with E-state index in [0.29, 0.717) is 0 Å². The summed E-state index contributed by atoms with van der Waals surface area (Å²) in [5, 5.41) is 0. The van der Waals surface area contributed by atoms with Gasteiger partial charge in [0.15, 0.2) is 0 Å². The number of aryl methyl sites for hydroxylation is 1. The fourth-order valence-electron chi connectivity index (χ4n) is 3.43. The molecule has 0 amide bonds. The van der Waals surface area contributed by atoms with E-state index in [1.165, 1.54) is 94.8 Å². The molecule has 0 radical (unpaired) electrons. The Morgan fingerprint density at radius 3 is 1.48 bits per heavy atom. The summed E-state index contributed by atoms with van der Waals surface area (Å²) < 4.78 is 1.01. The summed E-state index contributed by atoms with van der Waals surface area (Å²) in [5.41, 5.74) is 2.78. The van der Waals surface area contributed by atoms with Crippen LogP contribution in [-0.2, 0) is 0 Å². The zero-order valence-corrected chi connectivity index (χ0v) is 17.4. The van der Waals surface area contributed by atoms with Gasteiger partial charge in [0.2, 0.25) is 0 Å². The molecule has 0 aromatic heterocycles. The normalized spacial score (nSPS) is 11.4. The van der Waals surface area contributed by atoms with E-state index >= 15 is 0 Å². The highest BCUT2D eigenvalue weighted by Crippen LogP contribution is 2.20. The summed E-state index contributed by atoms with van der Waals surface area (Å²) in [6.45, 7) is 5.70. The molecule has 0 aliphatic rings. The van der Waals surface area contributed by atoms with Crippen LogP contribution in [0.2, 0.25) is 0 Å². The van der Waals surface area contributed by atoms with Crippen molar-refractivity contribution in [3.63, 3.8) is 0 Å². The first-order valence-corrected chi connectivity index (χ1v) is 10.5. The predicted molar refractivity (Wildman–Crippen MR) is 113 cm³/mol. The molecular formula is C23H43NO. The minimum atomic E-state index is 0. The van der Waals surface area contributed by atoms with Crippen molar-refractivity contribution in [1.29, 1.82) is 0 Å². The molecule has 0 aliphatic heterocycles. The standard InChI is InChI=1S/C23H42N.H2O/c1-5-6-7-8-9-10-11-12-13-14-15-16-21-24(3,4)23-19-17-22(2)18-20-23;/h17-20H,5-16,21H2,1-4H3;1H2/q+1;/p-1. The van der Waals surface area contributed by atoms with Gasteiger partial charge >= 0.3 is 0 Å². The van der Waals surface area contributed by atoms with Crippen molar-refractivity contribution in [2.45, 2.75) is 90.9 Å². The van der Waals surface area contributed by atoms with Crippen LogP contribution in [0.5, 0.6) is 0 Å². The highest BCUT2D eigenvalue weighted by atomic mass is 16.0. The van der Waals surface area contributed by atoms with Crippen LogP contribution in [0.4, 0.5) is 5.69 Å². The second-order valence-corrected chi connectivity index (χ2v) is 8.13. The number of hydrogen-bond acceptors (Lipinski definition) is 1. The number of benzene rings is 1. The monoisotopic (exact) mass is 349 g/mol. The molecular weight excluding hydrogens is 306 g/mol. The Hall–Kier alpha value is -0.860. The summed E-state index contributed by atoms with van der Waals surface area (Å²) in [6.07, 6.45) is 17.1. The first kappa shape index (κ1) is 24.1.